The van der Waals surface area contributed by atoms with E-state index in [1.165, 1.54) is 5.56 Å². The molecule has 4 aromatic rings. The predicted octanol–water partition coefficient (Wildman–Crippen LogP) is 3.63. The van der Waals surface area contributed by atoms with Crippen molar-refractivity contribution in [2.24, 2.45) is 5.73 Å². The van der Waals surface area contributed by atoms with Crippen molar-refractivity contribution in [2.45, 2.75) is 25.8 Å². The summed E-state index contributed by atoms with van der Waals surface area (Å²) in [5, 5.41) is 4.48. The van der Waals surface area contributed by atoms with Crippen molar-refractivity contribution in [3.8, 4) is 11.4 Å². The average Bonchev–Trinajstić information content (AvgIpc) is 2.78. The molecule has 0 amide bonds. The summed E-state index contributed by atoms with van der Waals surface area (Å²) in [5.74, 6) is 1.44. The third-order valence-corrected chi connectivity index (χ3v) is 4.88. The van der Waals surface area contributed by atoms with Gasteiger partial charge >= 0.3 is 0 Å². The number of rotatable bonds is 7. The average molecular weight is 384 g/mol. The SMILES string of the molecule is CCc1cncc2nc(-c3ccncc3)nc(NCC(N)Cc3ccccc3)c12. The van der Waals surface area contributed by atoms with Crippen molar-refractivity contribution >= 4 is 16.7 Å². The fraction of sp³-hybridized carbons (Fsp3) is 0.217. The zero-order valence-electron chi connectivity index (χ0n) is 16.4. The number of pyridine rings is 2. The van der Waals surface area contributed by atoms with Gasteiger partial charge in [-0.25, -0.2) is 9.97 Å². The number of anilines is 1. The van der Waals surface area contributed by atoms with Gasteiger partial charge in [-0.3, -0.25) is 9.97 Å². The van der Waals surface area contributed by atoms with Crippen molar-refractivity contribution in [3.63, 3.8) is 0 Å². The molecule has 1 atom stereocenters. The summed E-state index contributed by atoms with van der Waals surface area (Å²) in [7, 11) is 0. The van der Waals surface area contributed by atoms with E-state index in [4.69, 9.17) is 15.7 Å². The Labute approximate surface area is 170 Å². The van der Waals surface area contributed by atoms with Gasteiger partial charge in [-0.1, -0.05) is 37.3 Å². The smallest absolute Gasteiger partial charge is 0.162 e. The normalized spacial score (nSPS) is 12.1. The first kappa shape index (κ1) is 19.0. The first-order chi connectivity index (χ1) is 14.2. The quantitative estimate of drug-likeness (QED) is 0.506. The molecule has 6 heteroatoms. The topological polar surface area (TPSA) is 89.6 Å². The number of nitrogens with two attached hydrogens (primary N) is 1. The number of hydrogen-bond donors (Lipinski definition) is 2. The molecule has 0 aliphatic rings. The molecule has 0 radical (unpaired) electrons. The number of aryl methyl sites for hydroxylation is 1. The van der Waals surface area contributed by atoms with Crippen LogP contribution in [0.4, 0.5) is 5.82 Å². The van der Waals surface area contributed by atoms with Crippen LogP contribution < -0.4 is 11.1 Å². The van der Waals surface area contributed by atoms with E-state index >= 15 is 0 Å². The first-order valence-electron chi connectivity index (χ1n) is 9.83. The molecule has 1 unspecified atom stereocenters. The van der Waals surface area contributed by atoms with Crippen LogP contribution in [-0.4, -0.2) is 32.5 Å². The third kappa shape index (κ3) is 4.38. The lowest BCUT2D eigenvalue weighted by molar-refractivity contribution is 0.698. The van der Waals surface area contributed by atoms with Crippen LogP contribution in [0.5, 0.6) is 0 Å². The lowest BCUT2D eigenvalue weighted by Crippen LogP contribution is -2.31. The lowest BCUT2D eigenvalue weighted by atomic mass is 10.1. The molecular formula is C23H24N6. The molecule has 0 aliphatic heterocycles. The monoisotopic (exact) mass is 384 g/mol. The maximum Gasteiger partial charge on any atom is 0.162 e. The number of nitrogens with zero attached hydrogens (tertiary/aromatic N) is 4. The van der Waals surface area contributed by atoms with Gasteiger partial charge in [-0.05, 0) is 36.1 Å². The highest BCUT2D eigenvalue weighted by Crippen LogP contribution is 2.27. The summed E-state index contributed by atoms with van der Waals surface area (Å²) in [4.78, 5) is 18.0. The van der Waals surface area contributed by atoms with E-state index < -0.39 is 0 Å². The Bertz CT molecular complexity index is 1080. The van der Waals surface area contributed by atoms with Crippen molar-refractivity contribution in [3.05, 3.63) is 78.4 Å². The van der Waals surface area contributed by atoms with E-state index in [0.29, 0.717) is 12.4 Å². The van der Waals surface area contributed by atoms with Gasteiger partial charge in [0, 0.05) is 42.1 Å². The second-order valence-electron chi connectivity index (χ2n) is 7.01. The van der Waals surface area contributed by atoms with Gasteiger partial charge in [-0.2, -0.15) is 0 Å². The summed E-state index contributed by atoms with van der Waals surface area (Å²) in [6.45, 7) is 2.72. The summed E-state index contributed by atoms with van der Waals surface area (Å²) < 4.78 is 0. The number of benzene rings is 1. The first-order valence-corrected chi connectivity index (χ1v) is 9.83. The number of nitrogens with one attached hydrogen (secondary N) is 1. The van der Waals surface area contributed by atoms with Crippen LogP contribution in [0, 0.1) is 0 Å². The van der Waals surface area contributed by atoms with E-state index in [1.807, 2.05) is 36.5 Å². The number of fused-ring (bicyclic) bond motifs is 1. The molecule has 1 aromatic carbocycles. The molecule has 3 aromatic heterocycles. The zero-order chi connectivity index (χ0) is 20.1. The summed E-state index contributed by atoms with van der Waals surface area (Å²) in [5.41, 5.74) is 10.5. The minimum atomic E-state index is -0.0290. The number of hydrogen-bond acceptors (Lipinski definition) is 6. The molecule has 0 aliphatic carbocycles. The van der Waals surface area contributed by atoms with Gasteiger partial charge in [0.1, 0.15) is 5.82 Å². The molecule has 6 nitrogen and oxygen atoms in total. The molecule has 3 N–H and O–H groups in total. The van der Waals surface area contributed by atoms with Gasteiger partial charge in [0.25, 0.3) is 0 Å². The zero-order valence-corrected chi connectivity index (χ0v) is 16.4. The minimum Gasteiger partial charge on any atom is -0.368 e. The second kappa shape index (κ2) is 8.75. The van der Waals surface area contributed by atoms with Crippen LogP contribution in [0.25, 0.3) is 22.3 Å². The largest absolute Gasteiger partial charge is 0.368 e. The third-order valence-electron chi connectivity index (χ3n) is 4.88. The predicted molar refractivity (Wildman–Crippen MR) is 117 cm³/mol. The molecule has 3 heterocycles. The van der Waals surface area contributed by atoms with E-state index in [-0.39, 0.29) is 6.04 Å². The molecule has 0 saturated heterocycles. The Morgan fingerprint density at radius 2 is 1.76 bits per heavy atom. The maximum absolute atomic E-state index is 6.39. The lowest BCUT2D eigenvalue weighted by Gasteiger charge is -2.16. The number of aromatic nitrogens is 4. The van der Waals surface area contributed by atoms with E-state index in [2.05, 4.69) is 34.3 Å². The molecular weight excluding hydrogens is 360 g/mol. The van der Waals surface area contributed by atoms with Crippen LogP contribution >= 0.6 is 0 Å². The van der Waals surface area contributed by atoms with E-state index in [9.17, 15) is 0 Å². The summed E-state index contributed by atoms with van der Waals surface area (Å²) in [6, 6.07) is 14.1. The van der Waals surface area contributed by atoms with Gasteiger partial charge in [-0.15, -0.1) is 0 Å². The van der Waals surface area contributed by atoms with Gasteiger partial charge in [0.05, 0.1) is 11.7 Å². The molecule has 0 bridgehead atoms. The highest BCUT2D eigenvalue weighted by molar-refractivity contribution is 5.92. The molecule has 29 heavy (non-hydrogen) atoms. The van der Waals surface area contributed by atoms with Crippen molar-refractivity contribution in [2.75, 3.05) is 11.9 Å². The van der Waals surface area contributed by atoms with Crippen LogP contribution in [-0.2, 0) is 12.8 Å². The van der Waals surface area contributed by atoms with E-state index in [1.54, 1.807) is 18.6 Å². The van der Waals surface area contributed by atoms with E-state index in [0.717, 1.165) is 40.7 Å². The molecule has 146 valence electrons. The van der Waals surface area contributed by atoms with Gasteiger partial charge in [0.15, 0.2) is 5.82 Å². The standard InChI is InChI=1S/C23H24N6/c1-2-17-13-26-15-20-21(17)23(29-22(28-20)18-8-10-25-11-9-18)27-14-19(24)12-16-6-4-3-5-7-16/h3-11,13,15,19H,2,12,14,24H2,1H3,(H,27,28,29). The van der Waals surface area contributed by atoms with Crippen LogP contribution in [0.15, 0.2) is 67.3 Å². The fourth-order valence-electron chi connectivity index (χ4n) is 3.39. The van der Waals surface area contributed by atoms with Gasteiger partial charge < -0.3 is 11.1 Å². The van der Waals surface area contributed by atoms with Crippen molar-refractivity contribution < 1.29 is 0 Å². The Morgan fingerprint density at radius 3 is 2.52 bits per heavy atom. The summed E-state index contributed by atoms with van der Waals surface area (Å²) >= 11 is 0. The molecule has 0 spiro atoms. The Balaban J connectivity index is 1.65. The fourth-order valence-corrected chi connectivity index (χ4v) is 3.39. The second-order valence-corrected chi connectivity index (χ2v) is 7.01. The van der Waals surface area contributed by atoms with Crippen LogP contribution in [0.2, 0.25) is 0 Å². The molecule has 4 rings (SSSR count). The van der Waals surface area contributed by atoms with Crippen molar-refractivity contribution in [1.82, 2.24) is 19.9 Å². The minimum absolute atomic E-state index is 0.0290. The highest BCUT2D eigenvalue weighted by Gasteiger charge is 2.14. The highest BCUT2D eigenvalue weighted by atomic mass is 15.0. The summed E-state index contributed by atoms with van der Waals surface area (Å²) in [6.07, 6.45) is 8.81. The Hall–Kier alpha value is -3.38. The molecule has 0 fully saturated rings. The van der Waals surface area contributed by atoms with Crippen molar-refractivity contribution in [1.29, 1.82) is 0 Å². The Morgan fingerprint density at radius 1 is 0.966 bits per heavy atom. The maximum atomic E-state index is 6.39. The van der Waals surface area contributed by atoms with Crippen LogP contribution in [0.3, 0.4) is 0 Å². The van der Waals surface area contributed by atoms with Crippen LogP contribution in [0.1, 0.15) is 18.1 Å². The van der Waals surface area contributed by atoms with Gasteiger partial charge in [0.2, 0.25) is 0 Å². The Kier molecular flexibility index (Phi) is 5.72. The molecule has 0 saturated carbocycles.